The first-order valence-electron chi connectivity index (χ1n) is 13.3. The second kappa shape index (κ2) is 10.6. The van der Waals surface area contributed by atoms with Crippen LogP contribution in [-0.4, -0.2) is 50.4 Å². The average Bonchev–Trinajstić information content (AvgIpc) is 2.92. The summed E-state index contributed by atoms with van der Waals surface area (Å²) in [7, 11) is -1.64. The molecule has 1 saturated heterocycles. The number of sulfone groups is 1. The summed E-state index contributed by atoms with van der Waals surface area (Å²) in [5, 5.41) is 4.82. The minimum absolute atomic E-state index is 0.0891. The molecule has 5 rings (SSSR count). The maximum atomic E-state index is 13.9. The van der Waals surface area contributed by atoms with Gasteiger partial charge in [-0.25, -0.2) is 12.8 Å². The van der Waals surface area contributed by atoms with Gasteiger partial charge in [0.1, 0.15) is 11.6 Å². The van der Waals surface area contributed by atoms with Crippen molar-refractivity contribution in [3.63, 3.8) is 0 Å². The van der Waals surface area contributed by atoms with E-state index in [0.29, 0.717) is 37.3 Å². The summed E-state index contributed by atoms with van der Waals surface area (Å²) in [6.45, 7) is 8.45. The van der Waals surface area contributed by atoms with Gasteiger partial charge in [-0.05, 0) is 61.5 Å². The zero-order chi connectivity index (χ0) is 28.8. The Balaban J connectivity index is 1.50. The number of rotatable bonds is 6. The van der Waals surface area contributed by atoms with Crippen LogP contribution in [0.2, 0.25) is 0 Å². The predicted octanol–water partition coefficient (Wildman–Crippen LogP) is 4.59. The molecule has 40 heavy (non-hydrogen) atoms. The van der Waals surface area contributed by atoms with Gasteiger partial charge >= 0.3 is 0 Å². The van der Waals surface area contributed by atoms with E-state index in [1.807, 2.05) is 32.9 Å². The molecule has 0 unspecified atom stereocenters. The molecule has 1 fully saturated rings. The van der Waals surface area contributed by atoms with Gasteiger partial charge in [-0.2, -0.15) is 0 Å². The number of para-hydroxylation sites is 1. The molecule has 0 radical (unpaired) electrons. The molecule has 2 aromatic carbocycles. The van der Waals surface area contributed by atoms with Crippen molar-refractivity contribution in [3.8, 4) is 0 Å². The van der Waals surface area contributed by atoms with Gasteiger partial charge in [0.15, 0.2) is 9.84 Å². The Morgan fingerprint density at radius 1 is 0.975 bits per heavy atom. The second-order valence-corrected chi connectivity index (χ2v) is 12.5. The summed E-state index contributed by atoms with van der Waals surface area (Å²) >= 11 is 0. The number of pyridine rings is 2. The van der Waals surface area contributed by atoms with Crippen LogP contribution in [0.5, 0.6) is 0 Å². The SMILES string of the molecule is Cc1cc([C@@H](C)Nc2ccccc2S(C)(=O)=O)c2cc(N3CCN(c4cc(F)cnc4C)CC3)n(C)c(=O)c2c1. The zero-order valence-electron chi connectivity index (χ0n) is 23.4. The standard InChI is InChI=1S/C30H34FN5O3S/c1-19-14-23(20(2)33-26-8-6-7-9-28(26)40(5,38)39)24-17-29(34(4)30(37)25(24)15-19)36-12-10-35(11-13-36)27-16-22(31)18-32-21(27)3/h6-9,14-18,20,33H,10-13H2,1-5H3/t20-/m1/s1. The Morgan fingerprint density at radius 3 is 2.35 bits per heavy atom. The first-order valence-corrected chi connectivity index (χ1v) is 15.1. The summed E-state index contributed by atoms with van der Waals surface area (Å²) in [6.07, 6.45) is 2.43. The second-order valence-electron chi connectivity index (χ2n) is 10.5. The molecular formula is C30H34FN5O3S. The first-order chi connectivity index (χ1) is 18.9. The van der Waals surface area contributed by atoms with Crippen LogP contribution >= 0.6 is 0 Å². The highest BCUT2D eigenvalue weighted by atomic mass is 32.2. The van der Waals surface area contributed by atoms with Crippen LogP contribution < -0.4 is 20.7 Å². The Kier molecular flexibility index (Phi) is 7.31. The number of aryl methyl sites for hydroxylation is 2. The number of hydrogen-bond donors (Lipinski definition) is 1. The Bertz CT molecular complexity index is 1760. The summed E-state index contributed by atoms with van der Waals surface area (Å²) in [4.78, 5) is 22.3. The van der Waals surface area contributed by atoms with Crippen molar-refractivity contribution in [2.75, 3.05) is 47.6 Å². The van der Waals surface area contributed by atoms with E-state index < -0.39 is 9.84 Å². The number of fused-ring (bicyclic) bond motifs is 1. The largest absolute Gasteiger partial charge is 0.377 e. The van der Waals surface area contributed by atoms with Crippen LogP contribution in [0.1, 0.15) is 29.8 Å². The van der Waals surface area contributed by atoms with Crippen molar-refractivity contribution in [2.24, 2.45) is 7.05 Å². The fraction of sp³-hybridized carbons (Fsp3) is 0.333. The van der Waals surface area contributed by atoms with Crippen LogP contribution in [0.15, 0.2) is 64.4 Å². The van der Waals surface area contributed by atoms with E-state index in [4.69, 9.17) is 0 Å². The lowest BCUT2D eigenvalue weighted by Gasteiger charge is -2.38. The predicted molar refractivity (Wildman–Crippen MR) is 159 cm³/mol. The van der Waals surface area contributed by atoms with Crippen LogP contribution in [0.25, 0.3) is 10.8 Å². The van der Waals surface area contributed by atoms with Crippen LogP contribution in [0.4, 0.5) is 21.6 Å². The van der Waals surface area contributed by atoms with Crippen LogP contribution in [-0.2, 0) is 16.9 Å². The minimum Gasteiger partial charge on any atom is -0.377 e. The van der Waals surface area contributed by atoms with Gasteiger partial charge < -0.3 is 15.1 Å². The summed E-state index contributed by atoms with van der Waals surface area (Å²) < 4.78 is 40.3. The van der Waals surface area contributed by atoms with Gasteiger partial charge in [-0.15, -0.1) is 0 Å². The molecular weight excluding hydrogens is 529 g/mol. The number of anilines is 3. The van der Waals surface area contributed by atoms with Gasteiger partial charge in [-0.3, -0.25) is 14.3 Å². The van der Waals surface area contributed by atoms with Crippen molar-refractivity contribution in [2.45, 2.75) is 31.7 Å². The van der Waals surface area contributed by atoms with Crippen LogP contribution in [0.3, 0.4) is 0 Å². The van der Waals surface area contributed by atoms with Gasteiger partial charge in [-0.1, -0.05) is 18.2 Å². The molecule has 8 nitrogen and oxygen atoms in total. The highest BCUT2D eigenvalue weighted by Crippen LogP contribution is 2.32. The fourth-order valence-electron chi connectivity index (χ4n) is 5.55. The first kappa shape index (κ1) is 27.6. The van der Waals surface area contributed by atoms with E-state index in [9.17, 15) is 17.6 Å². The van der Waals surface area contributed by atoms with E-state index >= 15 is 0 Å². The Morgan fingerprint density at radius 2 is 1.65 bits per heavy atom. The van der Waals surface area contributed by atoms with E-state index in [0.717, 1.165) is 33.7 Å². The maximum absolute atomic E-state index is 13.9. The Labute approximate surface area is 234 Å². The van der Waals surface area contributed by atoms with Crippen molar-refractivity contribution < 1.29 is 12.8 Å². The summed E-state index contributed by atoms with van der Waals surface area (Å²) in [5.74, 6) is 0.449. The lowest BCUT2D eigenvalue weighted by molar-refractivity contribution is 0.602. The molecule has 1 aliphatic heterocycles. The average molecular weight is 564 g/mol. The molecule has 1 atom stereocenters. The third-order valence-corrected chi connectivity index (χ3v) is 8.76. The molecule has 0 bridgehead atoms. The molecule has 3 heterocycles. The van der Waals surface area contributed by atoms with Gasteiger partial charge in [0.25, 0.3) is 5.56 Å². The van der Waals surface area contributed by atoms with Gasteiger partial charge in [0, 0.05) is 57.0 Å². The van der Waals surface area contributed by atoms with E-state index in [1.54, 1.807) is 35.9 Å². The molecule has 0 aliphatic carbocycles. The third-order valence-electron chi connectivity index (χ3n) is 7.60. The molecule has 0 saturated carbocycles. The molecule has 4 aromatic rings. The number of nitrogens with one attached hydrogen (secondary N) is 1. The molecule has 210 valence electrons. The molecule has 1 aliphatic rings. The topological polar surface area (TPSA) is 87.5 Å². The summed E-state index contributed by atoms with van der Waals surface area (Å²) in [5.41, 5.74) is 3.87. The van der Waals surface area contributed by atoms with E-state index in [2.05, 4.69) is 26.2 Å². The number of aromatic nitrogens is 2. The van der Waals surface area contributed by atoms with Crippen molar-refractivity contribution in [3.05, 3.63) is 87.7 Å². The molecule has 1 N–H and O–H groups in total. The zero-order valence-corrected chi connectivity index (χ0v) is 24.2. The third kappa shape index (κ3) is 5.28. The number of halogens is 1. The van der Waals surface area contributed by atoms with Crippen molar-refractivity contribution in [1.82, 2.24) is 9.55 Å². The fourth-order valence-corrected chi connectivity index (χ4v) is 6.40. The molecule has 10 heteroatoms. The maximum Gasteiger partial charge on any atom is 0.259 e. The molecule has 0 spiro atoms. The number of benzene rings is 2. The smallest absolute Gasteiger partial charge is 0.259 e. The van der Waals surface area contributed by atoms with Crippen molar-refractivity contribution >= 4 is 37.8 Å². The van der Waals surface area contributed by atoms with Crippen LogP contribution in [0, 0.1) is 19.7 Å². The quantitative estimate of drug-likeness (QED) is 0.367. The monoisotopic (exact) mass is 563 g/mol. The van der Waals surface area contributed by atoms with Gasteiger partial charge in [0.05, 0.1) is 28.2 Å². The van der Waals surface area contributed by atoms with Gasteiger partial charge in [0.2, 0.25) is 0 Å². The highest BCUT2D eigenvalue weighted by molar-refractivity contribution is 7.90. The number of hydrogen-bond acceptors (Lipinski definition) is 7. The molecule has 0 amide bonds. The lowest BCUT2D eigenvalue weighted by Crippen LogP contribution is -2.48. The normalized spacial score (nSPS) is 14.9. The number of piperazine rings is 1. The van der Waals surface area contributed by atoms with E-state index in [-0.39, 0.29) is 22.3 Å². The Hall–Kier alpha value is -3.92. The highest BCUT2D eigenvalue weighted by Gasteiger charge is 2.24. The molecule has 2 aromatic heterocycles. The number of nitrogens with zero attached hydrogens (tertiary/aromatic N) is 4. The minimum atomic E-state index is -3.43. The summed E-state index contributed by atoms with van der Waals surface area (Å²) in [6, 6.07) is 14.1. The van der Waals surface area contributed by atoms with Crippen molar-refractivity contribution in [1.29, 1.82) is 0 Å². The lowest BCUT2D eigenvalue weighted by atomic mass is 9.97. The van der Waals surface area contributed by atoms with E-state index in [1.165, 1.54) is 18.5 Å².